The molecule has 82 valence electrons. The third kappa shape index (κ3) is 1.98. The fourth-order valence-electron chi connectivity index (χ4n) is 1.49. The van der Waals surface area contributed by atoms with E-state index in [0.717, 1.165) is 11.3 Å². The predicted octanol–water partition coefficient (Wildman–Crippen LogP) is 2.15. The Morgan fingerprint density at radius 3 is 2.94 bits per heavy atom. The molecule has 0 bridgehead atoms. The zero-order chi connectivity index (χ0) is 12.3. The normalized spacial score (nSPS) is 10.9. The second-order valence-electron chi connectivity index (χ2n) is 3.45. The number of benzene rings is 1. The molecule has 3 heteroatoms. The van der Waals surface area contributed by atoms with Crippen molar-refractivity contribution in [2.45, 2.75) is 6.90 Å². The molecule has 0 unspecified atom stereocenters. The largest absolute Gasteiger partial charge is 0.497 e. The molecule has 0 aliphatic carbocycles. The van der Waals surface area contributed by atoms with E-state index in [2.05, 4.69) is 0 Å². The van der Waals surface area contributed by atoms with Crippen molar-refractivity contribution < 1.29 is 6.11 Å². The van der Waals surface area contributed by atoms with Crippen LogP contribution in [-0.2, 0) is 0 Å². The third-order valence-electron chi connectivity index (χ3n) is 2.30. The summed E-state index contributed by atoms with van der Waals surface area (Å²) >= 11 is 0. The van der Waals surface area contributed by atoms with Crippen molar-refractivity contribution in [1.29, 1.82) is 0 Å². The average Bonchev–Trinajstić information content (AvgIpc) is 2.39. The monoisotopic (exact) mass is 216 g/mol. The zero-order valence-electron chi connectivity index (χ0n) is 10.0. The maximum Gasteiger partial charge on any atom is 0.255 e. The first-order valence-corrected chi connectivity index (χ1v) is 4.90. The van der Waals surface area contributed by atoms with E-state index in [1.165, 1.54) is 10.6 Å². The van der Waals surface area contributed by atoms with Gasteiger partial charge in [-0.25, -0.2) is 0 Å². The zero-order valence-corrected chi connectivity index (χ0v) is 9.01. The molecule has 0 amide bonds. The summed E-state index contributed by atoms with van der Waals surface area (Å²) in [6, 6.07) is 10.4. The second-order valence-corrected chi connectivity index (χ2v) is 3.45. The van der Waals surface area contributed by atoms with Crippen molar-refractivity contribution in [3.63, 3.8) is 0 Å². The predicted molar refractivity (Wildman–Crippen MR) is 63.3 cm³/mol. The maximum absolute atomic E-state index is 11.7. The molecule has 2 rings (SSSR count). The summed E-state index contributed by atoms with van der Waals surface area (Å²) in [6.45, 7) is 0.157. The summed E-state index contributed by atoms with van der Waals surface area (Å²) in [5, 5.41) is 0. The molecule has 0 spiro atoms. The minimum absolute atomic E-state index is 0.115. The van der Waals surface area contributed by atoms with Gasteiger partial charge in [-0.3, -0.25) is 9.36 Å². The van der Waals surface area contributed by atoms with Gasteiger partial charge in [0, 0.05) is 19.7 Å². The summed E-state index contributed by atoms with van der Waals surface area (Å²) in [5.41, 5.74) is 1.42. The maximum atomic E-state index is 11.7. The molecule has 0 radical (unpaired) electrons. The van der Waals surface area contributed by atoms with Crippen molar-refractivity contribution in [2.24, 2.45) is 0 Å². The lowest BCUT2D eigenvalue weighted by Gasteiger charge is -2.07. The smallest absolute Gasteiger partial charge is 0.255 e. The lowest BCUT2D eigenvalue weighted by atomic mass is 10.2. The Morgan fingerprint density at radius 2 is 2.19 bits per heavy atom. The standard InChI is InChI=1S/C13H13NO2/c1-10-6-7-13(15)14(9-10)11-4-3-5-12(8-11)16-2/h3-9H,1-2H3/i1D. The van der Waals surface area contributed by atoms with Gasteiger partial charge < -0.3 is 4.74 Å². The van der Waals surface area contributed by atoms with Gasteiger partial charge in [-0.1, -0.05) is 12.1 Å². The van der Waals surface area contributed by atoms with E-state index in [4.69, 9.17) is 6.11 Å². The lowest BCUT2D eigenvalue weighted by molar-refractivity contribution is 0.414. The van der Waals surface area contributed by atoms with Gasteiger partial charge in [0.1, 0.15) is 5.75 Å². The Morgan fingerprint density at radius 1 is 1.31 bits per heavy atom. The van der Waals surface area contributed by atoms with E-state index in [-0.39, 0.29) is 12.5 Å². The summed E-state index contributed by atoms with van der Waals surface area (Å²) in [7, 11) is 1.59. The Balaban J connectivity index is 2.55. The van der Waals surface area contributed by atoms with Gasteiger partial charge in [0.15, 0.2) is 0 Å². The lowest BCUT2D eigenvalue weighted by Crippen LogP contribution is -2.16. The molecular formula is C13H13NO2. The van der Waals surface area contributed by atoms with Crippen LogP contribution in [0.2, 0.25) is 0 Å². The highest BCUT2D eigenvalue weighted by Gasteiger charge is 2.00. The van der Waals surface area contributed by atoms with E-state index in [1.807, 2.05) is 18.2 Å². The minimum Gasteiger partial charge on any atom is -0.497 e. The van der Waals surface area contributed by atoms with Crippen molar-refractivity contribution in [3.8, 4) is 11.4 Å². The van der Waals surface area contributed by atoms with Crippen molar-refractivity contribution in [3.05, 3.63) is 58.5 Å². The van der Waals surface area contributed by atoms with Gasteiger partial charge in [-0.2, -0.15) is 0 Å². The first kappa shape index (κ1) is 9.21. The van der Waals surface area contributed by atoms with E-state index >= 15 is 0 Å². The number of pyridine rings is 1. The summed E-state index contributed by atoms with van der Waals surface area (Å²) < 4.78 is 14.0. The number of methoxy groups -OCH3 is 1. The van der Waals surface area contributed by atoms with Gasteiger partial charge in [0.25, 0.3) is 5.56 Å². The highest BCUT2D eigenvalue weighted by molar-refractivity contribution is 5.39. The van der Waals surface area contributed by atoms with Crippen molar-refractivity contribution in [1.82, 2.24) is 4.57 Å². The molecule has 16 heavy (non-hydrogen) atoms. The van der Waals surface area contributed by atoms with Crippen LogP contribution >= 0.6 is 0 Å². The number of hydrogen-bond acceptors (Lipinski definition) is 2. The van der Waals surface area contributed by atoms with Crippen LogP contribution in [0.1, 0.15) is 6.93 Å². The number of ether oxygens (including phenoxy) is 1. The topological polar surface area (TPSA) is 31.2 Å². The number of rotatable bonds is 2. The number of aromatic nitrogens is 1. The first-order chi connectivity index (χ1) is 8.24. The molecule has 0 fully saturated rings. The molecule has 0 aliphatic heterocycles. The van der Waals surface area contributed by atoms with E-state index in [9.17, 15) is 4.79 Å². The van der Waals surface area contributed by atoms with E-state index in [1.54, 1.807) is 25.4 Å². The third-order valence-corrected chi connectivity index (χ3v) is 2.30. The van der Waals surface area contributed by atoms with Crippen LogP contribution in [0.5, 0.6) is 5.75 Å². The molecule has 0 aliphatic rings. The van der Waals surface area contributed by atoms with Crippen LogP contribution in [0, 0.1) is 6.90 Å². The van der Waals surface area contributed by atoms with Gasteiger partial charge in [-0.15, -0.1) is 0 Å². The Hall–Kier alpha value is -2.03. The number of hydrogen-bond donors (Lipinski definition) is 0. The Bertz CT molecular complexity index is 578. The Labute approximate surface area is 95.3 Å². The van der Waals surface area contributed by atoms with E-state index < -0.39 is 0 Å². The van der Waals surface area contributed by atoms with Gasteiger partial charge >= 0.3 is 0 Å². The highest BCUT2D eigenvalue weighted by Crippen LogP contribution is 2.15. The van der Waals surface area contributed by atoms with Crippen LogP contribution in [-0.4, -0.2) is 11.7 Å². The fraction of sp³-hybridized carbons (Fsp3) is 0.154. The molecule has 0 N–H and O–H groups in total. The summed E-state index contributed by atoms with van der Waals surface area (Å²) in [5.74, 6) is 0.700. The minimum atomic E-state index is -0.115. The van der Waals surface area contributed by atoms with Crippen molar-refractivity contribution in [2.75, 3.05) is 7.11 Å². The van der Waals surface area contributed by atoms with Crippen molar-refractivity contribution >= 4 is 0 Å². The Kier molecular flexibility index (Phi) is 2.43. The second kappa shape index (κ2) is 4.23. The molecular weight excluding hydrogens is 202 g/mol. The van der Waals surface area contributed by atoms with Crippen LogP contribution < -0.4 is 10.3 Å². The molecule has 3 nitrogen and oxygen atoms in total. The molecule has 0 saturated heterocycles. The highest BCUT2D eigenvalue weighted by atomic mass is 16.5. The summed E-state index contributed by atoms with van der Waals surface area (Å²) in [4.78, 5) is 11.7. The molecule has 1 aromatic heterocycles. The van der Waals surface area contributed by atoms with Crippen LogP contribution in [0.4, 0.5) is 0 Å². The van der Waals surface area contributed by atoms with Crippen LogP contribution in [0.3, 0.4) is 0 Å². The van der Waals surface area contributed by atoms with E-state index in [0.29, 0.717) is 5.75 Å². The molecule has 2 aromatic rings. The number of aryl methyl sites for hydroxylation is 1. The molecule has 0 atom stereocenters. The van der Waals surface area contributed by atoms with Gasteiger partial charge in [0.2, 0.25) is 0 Å². The van der Waals surface area contributed by atoms with Gasteiger partial charge in [-0.05, 0) is 24.6 Å². The van der Waals surface area contributed by atoms with Crippen LogP contribution in [0.15, 0.2) is 47.4 Å². The SMILES string of the molecule is [2H]Cc1ccc(=O)n(-c2cccc(OC)c2)c1. The number of nitrogens with zero attached hydrogens (tertiary/aromatic N) is 1. The van der Waals surface area contributed by atoms with Gasteiger partial charge in [0.05, 0.1) is 12.8 Å². The first-order valence-electron chi connectivity index (χ1n) is 5.60. The van der Waals surface area contributed by atoms with Crippen LogP contribution in [0.25, 0.3) is 5.69 Å². The average molecular weight is 216 g/mol. The summed E-state index contributed by atoms with van der Waals surface area (Å²) in [6.07, 6.45) is 1.68. The fourth-order valence-corrected chi connectivity index (χ4v) is 1.49. The molecule has 1 aromatic carbocycles. The quantitative estimate of drug-likeness (QED) is 0.770. The molecule has 0 saturated carbocycles. The molecule has 1 heterocycles.